The van der Waals surface area contributed by atoms with E-state index < -0.39 is 11.8 Å². The standard InChI is InChI=1S/C17H24BrN3O4/c1-4-7-8-19-16(22)17(23)21-20-11-12-9-13(18)15(25-6-3)14(10-12)24-5-2/h9-11H,4-8H2,1-3H3,(H,19,22)(H,21,23)/b20-11-. The highest BCUT2D eigenvalue weighted by Gasteiger charge is 2.13. The van der Waals surface area contributed by atoms with Crippen molar-refractivity contribution in [3.8, 4) is 11.5 Å². The van der Waals surface area contributed by atoms with Crippen molar-refractivity contribution in [2.45, 2.75) is 33.6 Å². The number of carbonyl (C=O) groups is 2. The summed E-state index contributed by atoms with van der Waals surface area (Å²) in [7, 11) is 0. The van der Waals surface area contributed by atoms with E-state index in [4.69, 9.17) is 9.47 Å². The predicted molar refractivity (Wildman–Crippen MR) is 100 cm³/mol. The fraction of sp³-hybridized carbons (Fsp3) is 0.471. The first-order chi connectivity index (χ1) is 12.0. The molecule has 0 aliphatic rings. The molecule has 0 aliphatic carbocycles. The monoisotopic (exact) mass is 413 g/mol. The Morgan fingerprint density at radius 2 is 1.88 bits per heavy atom. The number of carbonyl (C=O) groups excluding carboxylic acids is 2. The number of nitrogens with one attached hydrogen (secondary N) is 2. The fourth-order valence-corrected chi connectivity index (χ4v) is 2.46. The third kappa shape index (κ3) is 7.13. The normalized spacial score (nSPS) is 10.6. The summed E-state index contributed by atoms with van der Waals surface area (Å²) < 4.78 is 11.8. The van der Waals surface area contributed by atoms with Gasteiger partial charge in [-0.3, -0.25) is 9.59 Å². The highest BCUT2D eigenvalue weighted by molar-refractivity contribution is 9.10. The van der Waals surface area contributed by atoms with Crippen LogP contribution >= 0.6 is 15.9 Å². The summed E-state index contributed by atoms with van der Waals surface area (Å²) in [6.45, 7) is 7.23. The molecule has 25 heavy (non-hydrogen) atoms. The number of nitrogens with zero attached hydrogens (tertiary/aromatic N) is 1. The van der Waals surface area contributed by atoms with E-state index in [-0.39, 0.29) is 0 Å². The Kier molecular flexibility index (Phi) is 9.61. The van der Waals surface area contributed by atoms with Gasteiger partial charge >= 0.3 is 11.8 Å². The maximum absolute atomic E-state index is 11.6. The Hall–Kier alpha value is -2.09. The van der Waals surface area contributed by atoms with E-state index in [1.165, 1.54) is 6.21 Å². The van der Waals surface area contributed by atoms with E-state index in [1.54, 1.807) is 12.1 Å². The quantitative estimate of drug-likeness (QED) is 0.281. The van der Waals surface area contributed by atoms with Gasteiger partial charge in [-0.05, 0) is 53.9 Å². The van der Waals surface area contributed by atoms with Crippen LogP contribution in [0, 0.1) is 0 Å². The molecule has 138 valence electrons. The smallest absolute Gasteiger partial charge is 0.329 e. The van der Waals surface area contributed by atoms with Crippen molar-refractivity contribution >= 4 is 34.0 Å². The largest absolute Gasteiger partial charge is 0.490 e. The van der Waals surface area contributed by atoms with Crippen molar-refractivity contribution in [2.24, 2.45) is 5.10 Å². The Balaban J connectivity index is 2.73. The molecule has 0 saturated heterocycles. The first kappa shape index (κ1) is 21.0. The number of ether oxygens (including phenoxy) is 2. The van der Waals surface area contributed by atoms with E-state index in [2.05, 4.69) is 31.8 Å². The Morgan fingerprint density at radius 3 is 2.52 bits per heavy atom. The lowest BCUT2D eigenvalue weighted by Crippen LogP contribution is -2.38. The second kappa shape index (κ2) is 11.5. The Bertz CT molecular complexity index is 620. The van der Waals surface area contributed by atoms with Gasteiger partial charge < -0.3 is 14.8 Å². The van der Waals surface area contributed by atoms with Crippen molar-refractivity contribution in [1.29, 1.82) is 0 Å². The van der Waals surface area contributed by atoms with Crippen LogP contribution in [0.25, 0.3) is 0 Å². The van der Waals surface area contributed by atoms with Crippen LogP contribution in [0.15, 0.2) is 21.7 Å². The van der Waals surface area contributed by atoms with Crippen molar-refractivity contribution in [3.05, 3.63) is 22.2 Å². The molecule has 8 heteroatoms. The van der Waals surface area contributed by atoms with Gasteiger partial charge in [0.1, 0.15) is 0 Å². The zero-order chi connectivity index (χ0) is 18.7. The molecule has 0 bridgehead atoms. The van der Waals surface area contributed by atoms with Crippen LogP contribution in [0.5, 0.6) is 11.5 Å². The van der Waals surface area contributed by atoms with Gasteiger partial charge in [-0.1, -0.05) is 13.3 Å². The van der Waals surface area contributed by atoms with Crippen LogP contribution in [0.3, 0.4) is 0 Å². The summed E-state index contributed by atoms with van der Waals surface area (Å²) in [6.07, 6.45) is 3.19. The highest BCUT2D eigenvalue weighted by Crippen LogP contribution is 2.36. The minimum atomic E-state index is -0.803. The Labute approximate surface area is 156 Å². The summed E-state index contributed by atoms with van der Waals surface area (Å²) in [5.41, 5.74) is 2.89. The van der Waals surface area contributed by atoms with Crippen molar-refractivity contribution in [3.63, 3.8) is 0 Å². The molecule has 0 unspecified atom stereocenters. The Morgan fingerprint density at radius 1 is 1.16 bits per heavy atom. The minimum Gasteiger partial charge on any atom is -0.490 e. The number of unbranched alkanes of at least 4 members (excludes halogenated alkanes) is 1. The predicted octanol–water partition coefficient (Wildman–Crippen LogP) is 2.61. The second-order valence-electron chi connectivity index (χ2n) is 5.00. The summed E-state index contributed by atoms with van der Waals surface area (Å²) in [5, 5.41) is 6.33. The van der Waals surface area contributed by atoms with Crippen LogP contribution in [0.4, 0.5) is 0 Å². The second-order valence-corrected chi connectivity index (χ2v) is 5.86. The molecule has 2 amide bonds. The molecule has 0 atom stereocenters. The number of hydrazone groups is 1. The lowest BCUT2D eigenvalue weighted by molar-refractivity contribution is -0.139. The lowest BCUT2D eigenvalue weighted by Gasteiger charge is -2.13. The third-order valence-corrected chi connectivity index (χ3v) is 3.61. The molecule has 1 aromatic rings. The minimum absolute atomic E-state index is 0.468. The SMILES string of the molecule is CCCCNC(=O)C(=O)N/N=C\c1cc(Br)c(OCC)c(OCC)c1. The number of hydrogen-bond acceptors (Lipinski definition) is 5. The molecule has 0 radical (unpaired) electrons. The number of hydrogen-bond donors (Lipinski definition) is 2. The summed E-state index contributed by atoms with van der Waals surface area (Å²) in [6, 6.07) is 3.53. The average molecular weight is 414 g/mol. The zero-order valence-corrected chi connectivity index (χ0v) is 16.3. The molecule has 1 rings (SSSR count). The van der Waals surface area contributed by atoms with E-state index in [1.807, 2.05) is 20.8 Å². The van der Waals surface area contributed by atoms with E-state index in [0.717, 1.165) is 12.8 Å². The van der Waals surface area contributed by atoms with Gasteiger partial charge in [0.05, 0.1) is 23.9 Å². The van der Waals surface area contributed by atoms with Gasteiger partial charge in [0.15, 0.2) is 11.5 Å². The lowest BCUT2D eigenvalue weighted by atomic mass is 10.2. The molecule has 0 aliphatic heterocycles. The summed E-state index contributed by atoms with van der Waals surface area (Å²) >= 11 is 3.43. The van der Waals surface area contributed by atoms with Crippen LogP contribution in [-0.4, -0.2) is 37.8 Å². The third-order valence-electron chi connectivity index (χ3n) is 3.02. The molecule has 2 N–H and O–H groups in total. The molecule has 0 heterocycles. The van der Waals surface area contributed by atoms with Crippen LogP contribution in [0.1, 0.15) is 39.2 Å². The van der Waals surface area contributed by atoms with Crippen molar-refractivity contribution < 1.29 is 19.1 Å². The van der Waals surface area contributed by atoms with Gasteiger partial charge in [0.2, 0.25) is 0 Å². The van der Waals surface area contributed by atoms with E-state index in [0.29, 0.717) is 41.3 Å². The van der Waals surface area contributed by atoms with Gasteiger partial charge in [0.25, 0.3) is 0 Å². The number of rotatable bonds is 9. The van der Waals surface area contributed by atoms with Gasteiger partial charge in [-0.25, -0.2) is 5.43 Å². The van der Waals surface area contributed by atoms with Crippen LogP contribution < -0.4 is 20.2 Å². The molecule has 1 aromatic carbocycles. The topological polar surface area (TPSA) is 89.0 Å². The molecule has 0 aromatic heterocycles. The summed E-state index contributed by atoms with van der Waals surface area (Å²) in [5.74, 6) is -0.319. The van der Waals surface area contributed by atoms with Crippen molar-refractivity contribution in [2.75, 3.05) is 19.8 Å². The number of halogens is 1. The summed E-state index contributed by atoms with van der Waals surface area (Å²) in [4.78, 5) is 23.1. The first-order valence-corrected chi connectivity index (χ1v) is 9.03. The molecular weight excluding hydrogens is 390 g/mol. The van der Waals surface area contributed by atoms with E-state index >= 15 is 0 Å². The van der Waals surface area contributed by atoms with Gasteiger partial charge in [0, 0.05) is 6.54 Å². The highest BCUT2D eigenvalue weighted by atomic mass is 79.9. The maximum atomic E-state index is 11.6. The molecule has 0 fully saturated rings. The van der Waals surface area contributed by atoms with Crippen LogP contribution in [0.2, 0.25) is 0 Å². The fourth-order valence-electron chi connectivity index (χ4n) is 1.89. The zero-order valence-electron chi connectivity index (χ0n) is 14.7. The molecule has 7 nitrogen and oxygen atoms in total. The number of amides is 2. The molecule has 0 spiro atoms. The molecular formula is C17H24BrN3O4. The molecule has 0 saturated carbocycles. The maximum Gasteiger partial charge on any atom is 0.329 e. The first-order valence-electron chi connectivity index (χ1n) is 8.23. The van der Waals surface area contributed by atoms with E-state index in [9.17, 15) is 9.59 Å². The van der Waals surface area contributed by atoms with Crippen LogP contribution in [-0.2, 0) is 9.59 Å². The van der Waals surface area contributed by atoms with Gasteiger partial charge in [-0.2, -0.15) is 5.10 Å². The van der Waals surface area contributed by atoms with Gasteiger partial charge in [-0.15, -0.1) is 0 Å². The van der Waals surface area contributed by atoms with Crippen molar-refractivity contribution in [1.82, 2.24) is 10.7 Å². The number of benzene rings is 1. The average Bonchev–Trinajstić information content (AvgIpc) is 2.58.